The van der Waals surface area contributed by atoms with Crippen molar-refractivity contribution in [2.24, 2.45) is 0 Å². The van der Waals surface area contributed by atoms with E-state index < -0.39 is 11.9 Å². The van der Waals surface area contributed by atoms with Crippen LogP contribution in [0.3, 0.4) is 0 Å². The summed E-state index contributed by atoms with van der Waals surface area (Å²) < 4.78 is 10.5. The lowest BCUT2D eigenvalue weighted by molar-refractivity contribution is 0.0719. The molecule has 3 aromatic carbocycles. The Labute approximate surface area is 159 Å². The second-order valence-electron chi connectivity index (χ2n) is 5.21. The number of carbonyl (C=O) groups is 2. The van der Waals surface area contributed by atoms with Crippen molar-refractivity contribution < 1.29 is 19.1 Å². The fourth-order valence-corrected chi connectivity index (χ4v) is 2.58. The van der Waals surface area contributed by atoms with E-state index >= 15 is 0 Å². The molecule has 0 fully saturated rings. The van der Waals surface area contributed by atoms with E-state index in [1.165, 1.54) is 24.3 Å². The summed E-state index contributed by atoms with van der Waals surface area (Å²) in [6, 6.07) is 19.3. The minimum Gasteiger partial charge on any atom is -0.423 e. The Bertz CT molecular complexity index is 874. The number of rotatable bonds is 4. The average molecular weight is 387 g/mol. The van der Waals surface area contributed by atoms with E-state index in [2.05, 4.69) is 0 Å². The number of benzene rings is 3. The van der Waals surface area contributed by atoms with E-state index in [0.717, 1.165) is 0 Å². The highest BCUT2D eigenvalue weighted by Crippen LogP contribution is 2.23. The molecule has 0 unspecified atom stereocenters. The summed E-state index contributed by atoms with van der Waals surface area (Å²) in [5.74, 6) is -0.548. The van der Waals surface area contributed by atoms with E-state index in [0.29, 0.717) is 21.5 Å². The second kappa shape index (κ2) is 8.04. The highest BCUT2D eigenvalue weighted by molar-refractivity contribution is 6.34. The minimum absolute atomic E-state index is 0.267. The zero-order valence-electron chi connectivity index (χ0n) is 13.3. The van der Waals surface area contributed by atoms with Crippen LogP contribution in [0.5, 0.6) is 11.5 Å². The van der Waals surface area contributed by atoms with Gasteiger partial charge in [-0.1, -0.05) is 47.5 Å². The van der Waals surface area contributed by atoms with Crippen LogP contribution in [0.25, 0.3) is 0 Å². The predicted octanol–water partition coefficient (Wildman–Crippen LogP) is 5.43. The standard InChI is InChI=1S/C20H12Cl2O4/c21-17-7-3-1-5-15(17)19(23)25-13-9-11-14(12-10-13)26-20(24)16-6-2-4-8-18(16)22/h1-12H. The van der Waals surface area contributed by atoms with Crippen molar-refractivity contribution in [1.82, 2.24) is 0 Å². The van der Waals surface area contributed by atoms with Crippen molar-refractivity contribution >= 4 is 35.1 Å². The second-order valence-corrected chi connectivity index (χ2v) is 6.02. The molecule has 0 bridgehead atoms. The summed E-state index contributed by atoms with van der Waals surface area (Å²) in [5, 5.41) is 0.616. The Balaban J connectivity index is 1.67. The third-order valence-corrected chi connectivity index (χ3v) is 4.09. The molecular weight excluding hydrogens is 375 g/mol. The minimum atomic E-state index is -0.573. The SMILES string of the molecule is O=C(Oc1ccc(OC(=O)c2ccccc2Cl)cc1)c1ccccc1Cl. The molecule has 0 aliphatic carbocycles. The zero-order valence-corrected chi connectivity index (χ0v) is 14.8. The predicted molar refractivity (Wildman–Crippen MR) is 99.3 cm³/mol. The van der Waals surface area contributed by atoms with Crippen LogP contribution in [0.4, 0.5) is 0 Å². The molecule has 4 nitrogen and oxygen atoms in total. The molecule has 0 amide bonds. The van der Waals surface area contributed by atoms with Crippen LogP contribution in [-0.2, 0) is 0 Å². The third kappa shape index (κ3) is 4.23. The van der Waals surface area contributed by atoms with Crippen LogP contribution in [0, 0.1) is 0 Å². The molecule has 26 heavy (non-hydrogen) atoms. The Morgan fingerprint density at radius 2 is 0.923 bits per heavy atom. The first-order valence-corrected chi connectivity index (χ1v) is 8.33. The monoisotopic (exact) mass is 386 g/mol. The van der Waals surface area contributed by atoms with E-state index in [1.807, 2.05) is 0 Å². The highest BCUT2D eigenvalue weighted by atomic mass is 35.5. The lowest BCUT2D eigenvalue weighted by atomic mass is 10.2. The fourth-order valence-electron chi connectivity index (χ4n) is 2.15. The molecule has 0 aromatic heterocycles. The molecule has 130 valence electrons. The quantitative estimate of drug-likeness (QED) is 0.442. The maximum atomic E-state index is 12.1. The van der Waals surface area contributed by atoms with Gasteiger partial charge in [-0.05, 0) is 48.5 Å². The molecular formula is C20H12Cl2O4. The highest BCUT2D eigenvalue weighted by Gasteiger charge is 2.14. The Morgan fingerprint density at radius 1 is 0.577 bits per heavy atom. The van der Waals surface area contributed by atoms with Crippen LogP contribution < -0.4 is 9.47 Å². The van der Waals surface area contributed by atoms with Crippen molar-refractivity contribution in [2.45, 2.75) is 0 Å². The number of hydrogen-bond acceptors (Lipinski definition) is 4. The van der Waals surface area contributed by atoms with Crippen molar-refractivity contribution in [3.63, 3.8) is 0 Å². The smallest absolute Gasteiger partial charge is 0.345 e. The molecule has 0 spiro atoms. The van der Waals surface area contributed by atoms with Crippen molar-refractivity contribution in [1.29, 1.82) is 0 Å². The number of hydrogen-bond donors (Lipinski definition) is 0. The molecule has 3 aromatic rings. The van der Waals surface area contributed by atoms with Crippen LogP contribution in [-0.4, -0.2) is 11.9 Å². The lowest BCUT2D eigenvalue weighted by Crippen LogP contribution is -2.10. The number of halogens is 2. The van der Waals surface area contributed by atoms with Gasteiger partial charge in [0.1, 0.15) is 11.5 Å². The van der Waals surface area contributed by atoms with Gasteiger partial charge in [0.15, 0.2) is 0 Å². The van der Waals surface area contributed by atoms with Gasteiger partial charge in [0.2, 0.25) is 0 Å². The van der Waals surface area contributed by atoms with Crippen LogP contribution in [0.1, 0.15) is 20.7 Å². The van der Waals surface area contributed by atoms with Gasteiger partial charge >= 0.3 is 11.9 Å². The van der Waals surface area contributed by atoms with Gasteiger partial charge in [-0.15, -0.1) is 0 Å². The summed E-state index contributed by atoms with van der Waals surface area (Å²) in [6.07, 6.45) is 0. The van der Waals surface area contributed by atoms with Gasteiger partial charge in [-0.3, -0.25) is 0 Å². The van der Waals surface area contributed by atoms with Crippen LogP contribution in [0.2, 0.25) is 10.0 Å². The Hall–Kier alpha value is -2.82. The van der Waals surface area contributed by atoms with Crippen LogP contribution in [0.15, 0.2) is 72.8 Å². The van der Waals surface area contributed by atoms with Gasteiger partial charge in [0.25, 0.3) is 0 Å². The lowest BCUT2D eigenvalue weighted by Gasteiger charge is -2.08. The summed E-state index contributed by atoms with van der Waals surface area (Å²) in [6.45, 7) is 0. The maximum Gasteiger partial charge on any atom is 0.345 e. The van der Waals surface area contributed by atoms with Gasteiger partial charge in [0.05, 0.1) is 21.2 Å². The molecule has 0 saturated heterocycles. The molecule has 0 aliphatic rings. The Morgan fingerprint density at radius 3 is 1.27 bits per heavy atom. The van der Waals surface area contributed by atoms with Gasteiger partial charge in [0, 0.05) is 0 Å². The molecule has 0 aliphatic heterocycles. The molecule has 0 heterocycles. The molecule has 0 radical (unpaired) electrons. The largest absolute Gasteiger partial charge is 0.423 e. The van der Waals surface area contributed by atoms with Gasteiger partial charge in [-0.25, -0.2) is 9.59 Å². The van der Waals surface area contributed by atoms with Gasteiger partial charge in [-0.2, -0.15) is 0 Å². The molecule has 0 saturated carbocycles. The summed E-state index contributed by atoms with van der Waals surface area (Å²) in [7, 11) is 0. The fraction of sp³-hybridized carbons (Fsp3) is 0. The van der Waals surface area contributed by atoms with Gasteiger partial charge < -0.3 is 9.47 Å². The topological polar surface area (TPSA) is 52.6 Å². The van der Waals surface area contributed by atoms with Crippen molar-refractivity contribution in [3.05, 3.63) is 94.0 Å². The molecule has 0 N–H and O–H groups in total. The van der Waals surface area contributed by atoms with E-state index in [9.17, 15) is 9.59 Å². The first-order valence-electron chi connectivity index (χ1n) is 7.58. The number of carbonyl (C=O) groups excluding carboxylic acids is 2. The van der Waals surface area contributed by atoms with E-state index in [1.54, 1.807) is 48.5 Å². The number of esters is 2. The first kappa shape index (κ1) is 18.0. The maximum absolute atomic E-state index is 12.1. The summed E-state index contributed by atoms with van der Waals surface area (Å²) in [4.78, 5) is 24.2. The number of ether oxygens (including phenoxy) is 2. The molecule has 6 heteroatoms. The zero-order chi connectivity index (χ0) is 18.5. The summed E-state index contributed by atoms with van der Waals surface area (Å²) in [5.41, 5.74) is 0.534. The third-order valence-electron chi connectivity index (χ3n) is 3.43. The van der Waals surface area contributed by atoms with Crippen molar-refractivity contribution in [3.8, 4) is 11.5 Å². The molecule has 3 rings (SSSR count). The van der Waals surface area contributed by atoms with E-state index in [4.69, 9.17) is 32.7 Å². The Kier molecular flexibility index (Phi) is 5.56. The average Bonchev–Trinajstić information content (AvgIpc) is 2.64. The van der Waals surface area contributed by atoms with Crippen molar-refractivity contribution in [2.75, 3.05) is 0 Å². The first-order chi connectivity index (χ1) is 12.5. The molecule has 0 atom stereocenters. The normalized spacial score (nSPS) is 10.2. The summed E-state index contributed by atoms with van der Waals surface area (Å²) >= 11 is 11.9. The van der Waals surface area contributed by atoms with Crippen LogP contribution >= 0.6 is 23.2 Å². The van der Waals surface area contributed by atoms with E-state index in [-0.39, 0.29) is 11.1 Å².